The third-order valence-corrected chi connectivity index (χ3v) is 4.45. The first kappa shape index (κ1) is 13.2. The van der Waals surface area contributed by atoms with Gasteiger partial charge in [0.15, 0.2) is 0 Å². The monoisotopic (exact) mass is 274 g/mol. The molecule has 1 aliphatic carbocycles. The van der Waals surface area contributed by atoms with Crippen LogP contribution < -0.4 is 0 Å². The Morgan fingerprint density at radius 3 is 2.88 bits per heavy atom. The standard InChI is InChI=1S/C14H17Cl2F/c1-9-2-4-13(16)10(6-9)7-11-8-12(15)3-5-14(11)17/h3,5,8-10,13H,2,4,6-7H2,1H3. The van der Waals surface area contributed by atoms with E-state index >= 15 is 0 Å². The quantitative estimate of drug-likeness (QED) is 0.661. The molecule has 0 spiro atoms. The van der Waals surface area contributed by atoms with Crippen LogP contribution in [0.4, 0.5) is 4.39 Å². The van der Waals surface area contributed by atoms with E-state index < -0.39 is 0 Å². The van der Waals surface area contributed by atoms with E-state index in [1.54, 1.807) is 12.1 Å². The van der Waals surface area contributed by atoms with Gasteiger partial charge in [0.1, 0.15) is 5.82 Å². The molecule has 0 radical (unpaired) electrons. The van der Waals surface area contributed by atoms with Crippen LogP contribution in [0.25, 0.3) is 0 Å². The largest absolute Gasteiger partial charge is 0.207 e. The molecule has 3 atom stereocenters. The molecule has 0 amide bonds. The van der Waals surface area contributed by atoms with Gasteiger partial charge < -0.3 is 0 Å². The lowest BCUT2D eigenvalue weighted by Crippen LogP contribution is -2.26. The van der Waals surface area contributed by atoms with E-state index in [9.17, 15) is 4.39 Å². The predicted octanol–water partition coefficient (Wildman–Crippen LogP) is 5.07. The number of hydrogen-bond acceptors (Lipinski definition) is 0. The van der Waals surface area contributed by atoms with Gasteiger partial charge >= 0.3 is 0 Å². The van der Waals surface area contributed by atoms with E-state index in [1.807, 2.05) is 0 Å². The van der Waals surface area contributed by atoms with Crippen molar-refractivity contribution in [2.75, 3.05) is 0 Å². The Kier molecular flexibility index (Phi) is 4.32. The van der Waals surface area contributed by atoms with Crippen LogP contribution in [0.5, 0.6) is 0 Å². The van der Waals surface area contributed by atoms with E-state index in [-0.39, 0.29) is 11.2 Å². The van der Waals surface area contributed by atoms with Crippen molar-refractivity contribution in [3.05, 3.63) is 34.6 Å². The Labute approximate surface area is 112 Å². The van der Waals surface area contributed by atoms with Gasteiger partial charge in [-0.1, -0.05) is 18.5 Å². The van der Waals surface area contributed by atoms with Gasteiger partial charge in [-0.15, -0.1) is 11.6 Å². The minimum atomic E-state index is -0.170. The third kappa shape index (κ3) is 3.35. The molecule has 0 aliphatic heterocycles. The lowest BCUT2D eigenvalue weighted by molar-refractivity contribution is 0.285. The number of hydrogen-bond donors (Lipinski definition) is 0. The van der Waals surface area contributed by atoms with Crippen molar-refractivity contribution in [2.45, 2.75) is 38.0 Å². The maximum absolute atomic E-state index is 13.6. The highest BCUT2D eigenvalue weighted by molar-refractivity contribution is 6.30. The smallest absolute Gasteiger partial charge is 0.126 e. The van der Waals surface area contributed by atoms with Crippen molar-refractivity contribution in [2.24, 2.45) is 11.8 Å². The fourth-order valence-electron chi connectivity index (χ4n) is 2.66. The molecule has 1 aromatic rings. The summed E-state index contributed by atoms with van der Waals surface area (Å²) in [5, 5.41) is 0.765. The van der Waals surface area contributed by atoms with Crippen molar-refractivity contribution < 1.29 is 4.39 Å². The minimum Gasteiger partial charge on any atom is -0.207 e. The zero-order valence-electron chi connectivity index (χ0n) is 9.93. The molecule has 2 rings (SSSR count). The topological polar surface area (TPSA) is 0 Å². The van der Waals surface area contributed by atoms with Crippen LogP contribution in [0.2, 0.25) is 5.02 Å². The van der Waals surface area contributed by atoms with E-state index in [0.29, 0.717) is 28.8 Å². The predicted molar refractivity (Wildman–Crippen MR) is 71.3 cm³/mol. The Hall–Kier alpha value is -0.270. The first-order valence-electron chi connectivity index (χ1n) is 6.14. The van der Waals surface area contributed by atoms with Crippen molar-refractivity contribution >= 4 is 23.2 Å². The summed E-state index contributed by atoms with van der Waals surface area (Å²) < 4.78 is 13.6. The molecule has 1 aliphatic rings. The van der Waals surface area contributed by atoms with Crippen molar-refractivity contribution in [3.63, 3.8) is 0 Å². The van der Waals surface area contributed by atoms with Crippen LogP contribution in [0, 0.1) is 17.7 Å². The normalized spacial score (nSPS) is 29.3. The highest BCUT2D eigenvalue weighted by atomic mass is 35.5. The summed E-state index contributed by atoms with van der Waals surface area (Å²) in [6.07, 6.45) is 4.00. The van der Waals surface area contributed by atoms with Crippen LogP contribution in [0.15, 0.2) is 18.2 Å². The van der Waals surface area contributed by atoms with E-state index in [0.717, 1.165) is 12.8 Å². The van der Waals surface area contributed by atoms with Crippen LogP contribution >= 0.6 is 23.2 Å². The van der Waals surface area contributed by atoms with E-state index in [1.165, 1.54) is 12.5 Å². The summed E-state index contributed by atoms with van der Waals surface area (Å²) in [7, 11) is 0. The van der Waals surface area contributed by atoms with Gasteiger partial charge in [-0.25, -0.2) is 4.39 Å². The maximum atomic E-state index is 13.6. The molecule has 0 aromatic heterocycles. The maximum Gasteiger partial charge on any atom is 0.126 e. The summed E-state index contributed by atoms with van der Waals surface area (Å²) in [5.74, 6) is 0.891. The molecule has 0 N–H and O–H groups in total. The number of rotatable bonds is 2. The molecule has 17 heavy (non-hydrogen) atoms. The summed E-state index contributed by atoms with van der Waals surface area (Å²) in [4.78, 5) is 0. The van der Waals surface area contributed by atoms with Gasteiger partial charge in [0.25, 0.3) is 0 Å². The molecular weight excluding hydrogens is 258 g/mol. The highest BCUT2D eigenvalue weighted by Crippen LogP contribution is 2.35. The lowest BCUT2D eigenvalue weighted by Gasteiger charge is -2.31. The summed E-state index contributed by atoms with van der Waals surface area (Å²) in [6.45, 7) is 2.24. The molecule has 3 heteroatoms. The van der Waals surface area contributed by atoms with Crippen molar-refractivity contribution in [1.82, 2.24) is 0 Å². The zero-order chi connectivity index (χ0) is 12.4. The summed E-state index contributed by atoms with van der Waals surface area (Å²) in [6, 6.07) is 4.75. The molecule has 94 valence electrons. The van der Waals surface area contributed by atoms with E-state index in [2.05, 4.69) is 6.92 Å². The molecule has 0 bridgehead atoms. The minimum absolute atomic E-state index is 0.170. The first-order valence-corrected chi connectivity index (χ1v) is 6.95. The third-order valence-electron chi connectivity index (χ3n) is 3.64. The number of alkyl halides is 1. The van der Waals surface area contributed by atoms with Gasteiger partial charge in [-0.3, -0.25) is 0 Å². The molecule has 0 saturated heterocycles. The fourth-order valence-corrected chi connectivity index (χ4v) is 3.17. The fraction of sp³-hybridized carbons (Fsp3) is 0.571. The molecule has 0 nitrogen and oxygen atoms in total. The van der Waals surface area contributed by atoms with Crippen molar-refractivity contribution in [3.8, 4) is 0 Å². The highest BCUT2D eigenvalue weighted by Gasteiger charge is 2.27. The summed E-state index contributed by atoms with van der Waals surface area (Å²) >= 11 is 12.2. The zero-order valence-corrected chi connectivity index (χ0v) is 11.4. The molecule has 1 aromatic carbocycles. The first-order chi connectivity index (χ1) is 8.06. The van der Waals surface area contributed by atoms with Gasteiger partial charge in [0.2, 0.25) is 0 Å². The van der Waals surface area contributed by atoms with Crippen LogP contribution in [-0.4, -0.2) is 5.38 Å². The average Bonchev–Trinajstić information content (AvgIpc) is 2.28. The van der Waals surface area contributed by atoms with Crippen LogP contribution in [0.1, 0.15) is 31.7 Å². The Bertz CT molecular complexity index is 392. The number of benzene rings is 1. The second-order valence-corrected chi connectivity index (χ2v) is 6.13. The van der Waals surface area contributed by atoms with E-state index in [4.69, 9.17) is 23.2 Å². The van der Waals surface area contributed by atoms with Gasteiger partial charge in [0.05, 0.1) is 0 Å². The van der Waals surface area contributed by atoms with Crippen LogP contribution in [0.3, 0.4) is 0 Å². The Morgan fingerprint density at radius 1 is 1.35 bits per heavy atom. The molecule has 1 saturated carbocycles. The number of halogens is 3. The molecule has 0 heterocycles. The lowest BCUT2D eigenvalue weighted by atomic mass is 9.79. The summed E-state index contributed by atoms with van der Waals surface area (Å²) in [5.41, 5.74) is 0.697. The van der Waals surface area contributed by atoms with Gasteiger partial charge in [-0.2, -0.15) is 0 Å². The van der Waals surface area contributed by atoms with Gasteiger partial charge in [0, 0.05) is 10.4 Å². The Morgan fingerprint density at radius 2 is 2.12 bits per heavy atom. The molecular formula is C14H17Cl2F. The second-order valence-electron chi connectivity index (χ2n) is 5.13. The molecule has 1 fully saturated rings. The Balaban J connectivity index is 2.11. The SMILES string of the molecule is CC1CCC(Cl)C(Cc2cc(Cl)ccc2F)C1. The molecule has 3 unspecified atom stereocenters. The second kappa shape index (κ2) is 5.58. The average molecular weight is 275 g/mol. The van der Waals surface area contributed by atoms with Crippen LogP contribution in [-0.2, 0) is 6.42 Å². The van der Waals surface area contributed by atoms with Crippen molar-refractivity contribution in [1.29, 1.82) is 0 Å². The van der Waals surface area contributed by atoms with Gasteiger partial charge in [-0.05, 0) is 61.3 Å².